The average molecular weight is 314 g/mol. The molecule has 0 saturated carbocycles. The van der Waals surface area contributed by atoms with Gasteiger partial charge in [-0.2, -0.15) is 5.10 Å². The van der Waals surface area contributed by atoms with E-state index in [0.717, 1.165) is 36.3 Å². The van der Waals surface area contributed by atoms with Gasteiger partial charge < -0.3 is 15.4 Å². The van der Waals surface area contributed by atoms with Gasteiger partial charge in [0.05, 0.1) is 18.8 Å². The summed E-state index contributed by atoms with van der Waals surface area (Å²) in [6.45, 7) is 3.27. The highest BCUT2D eigenvalue weighted by Gasteiger charge is 2.22. The van der Waals surface area contributed by atoms with Crippen molar-refractivity contribution in [3.63, 3.8) is 0 Å². The molecule has 1 aromatic heterocycles. The number of benzene rings is 1. The third kappa shape index (κ3) is 3.83. The van der Waals surface area contributed by atoms with E-state index in [1.54, 1.807) is 0 Å². The van der Waals surface area contributed by atoms with Gasteiger partial charge in [0.15, 0.2) is 0 Å². The maximum Gasteiger partial charge on any atom is 0.315 e. The number of nitrogens with one attached hydrogen (secondary N) is 3. The summed E-state index contributed by atoms with van der Waals surface area (Å²) in [5.41, 5.74) is 3.33. The molecule has 1 aliphatic rings. The smallest absolute Gasteiger partial charge is 0.315 e. The summed E-state index contributed by atoms with van der Waals surface area (Å²) >= 11 is 0. The molecule has 3 rings (SSSR count). The van der Waals surface area contributed by atoms with Crippen molar-refractivity contribution in [2.45, 2.75) is 32.2 Å². The molecule has 0 radical (unpaired) electrons. The van der Waals surface area contributed by atoms with Crippen molar-refractivity contribution in [1.82, 2.24) is 20.8 Å². The Balaban J connectivity index is 1.44. The number of rotatable bonds is 5. The minimum absolute atomic E-state index is 0.0102. The number of amides is 2. The van der Waals surface area contributed by atoms with Crippen molar-refractivity contribution in [2.75, 3.05) is 13.2 Å². The molecule has 1 aromatic carbocycles. The lowest BCUT2D eigenvalue weighted by Crippen LogP contribution is -2.40. The van der Waals surface area contributed by atoms with Gasteiger partial charge in [0.25, 0.3) is 0 Å². The van der Waals surface area contributed by atoms with Crippen LogP contribution in [0.3, 0.4) is 0 Å². The number of ether oxygens (including phenoxy) is 1. The van der Waals surface area contributed by atoms with Crippen molar-refractivity contribution < 1.29 is 9.53 Å². The molecule has 122 valence electrons. The molecule has 2 amide bonds. The van der Waals surface area contributed by atoms with E-state index in [1.165, 1.54) is 5.56 Å². The van der Waals surface area contributed by atoms with E-state index >= 15 is 0 Å². The number of para-hydroxylation sites is 1. The van der Waals surface area contributed by atoms with Crippen LogP contribution in [0.5, 0.6) is 5.75 Å². The van der Waals surface area contributed by atoms with Crippen LogP contribution in [0.15, 0.2) is 30.5 Å². The molecule has 1 atom stereocenters. The molecule has 2 aromatic rings. The number of fused-ring (bicyclic) bond motifs is 1. The molecule has 1 aliphatic heterocycles. The van der Waals surface area contributed by atoms with Gasteiger partial charge in [0, 0.05) is 24.2 Å². The van der Waals surface area contributed by atoms with Crippen LogP contribution in [0, 0.1) is 6.92 Å². The fraction of sp³-hybridized carbons (Fsp3) is 0.412. The van der Waals surface area contributed by atoms with E-state index in [2.05, 4.69) is 20.8 Å². The van der Waals surface area contributed by atoms with E-state index in [-0.39, 0.29) is 12.1 Å². The van der Waals surface area contributed by atoms with E-state index in [1.807, 2.05) is 37.4 Å². The van der Waals surface area contributed by atoms with E-state index in [9.17, 15) is 4.79 Å². The number of nitrogens with zero attached hydrogens (tertiary/aromatic N) is 1. The van der Waals surface area contributed by atoms with Crippen LogP contribution >= 0.6 is 0 Å². The van der Waals surface area contributed by atoms with Gasteiger partial charge in [-0.3, -0.25) is 5.10 Å². The van der Waals surface area contributed by atoms with Crippen molar-refractivity contribution in [3.05, 3.63) is 47.3 Å². The van der Waals surface area contributed by atoms with Crippen LogP contribution in [-0.4, -0.2) is 29.4 Å². The standard InChI is InChI=1S/C17H22N4O2/c1-12-13(11-19-21-12)5-4-9-18-17(22)20-15-8-10-23-16-7-3-2-6-14(15)16/h2-3,6-7,11,15H,4-5,8-10H2,1H3,(H,19,21)(H2,18,20,22)/t15-/m1/s1. The van der Waals surface area contributed by atoms with Crippen molar-refractivity contribution >= 4 is 6.03 Å². The Morgan fingerprint density at radius 3 is 3.13 bits per heavy atom. The lowest BCUT2D eigenvalue weighted by Gasteiger charge is -2.26. The first kappa shape index (κ1) is 15.4. The molecule has 0 aliphatic carbocycles. The minimum atomic E-state index is -0.129. The fourth-order valence-electron chi connectivity index (χ4n) is 2.81. The van der Waals surface area contributed by atoms with Crippen molar-refractivity contribution in [2.24, 2.45) is 0 Å². The van der Waals surface area contributed by atoms with Gasteiger partial charge in [0.2, 0.25) is 0 Å². The summed E-state index contributed by atoms with van der Waals surface area (Å²) in [5.74, 6) is 0.861. The summed E-state index contributed by atoms with van der Waals surface area (Å²) in [4.78, 5) is 12.1. The summed E-state index contributed by atoms with van der Waals surface area (Å²) in [7, 11) is 0. The summed E-state index contributed by atoms with van der Waals surface area (Å²) < 4.78 is 5.61. The Labute approximate surface area is 135 Å². The van der Waals surface area contributed by atoms with E-state index in [4.69, 9.17) is 4.74 Å². The second kappa shape index (κ2) is 7.17. The highest BCUT2D eigenvalue weighted by molar-refractivity contribution is 5.74. The number of aromatic amines is 1. The lowest BCUT2D eigenvalue weighted by atomic mass is 10.0. The number of carbonyl (C=O) groups is 1. The summed E-state index contributed by atoms with van der Waals surface area (Å²) in [6, 6.07) is 7.73. The Morgan fingerprint density at radius 1 is 1.43 bits per heavy atom. The predicted molar refractivity (Wildman–Crippen MR) is 87.5 cm³/mol. The first-order valence-electron chi connectivity index (χ1n) is 7.99. The van der Waals surface area contributed by atoms with Gasteiger partial charge >= 0.3 is 6.03 Å². The highest BCUT2D eigenvalue weighted by Crippen LogP contribution is 2.31. The van der Waals surface area contributed by atoms with Crippen molar-refractivity contribution in [1.29, 1.82) is 0 Å². The quantitative estimate of drug-likeness (QED) is 0.742. The zero-order chi connectivity index (χ0) is 16.1. The molecule has 0 spiro atoms. The van der Waals surface area contributed by atoms with Gasteiger partial charge in [-0.1, -0.05) is 18.2 Å². The van der Waals surface area contributed by atoms with Crippen LogP contribution < -0.4 is 15.4 Å². The predicted octanol–water partition coefficient (Wildman–Crippen LogP) is 2.47. The molecule has 0 saturated heterocycles. The van der Waals surface area contributed by atoms with Crippen LogP contribution in [-0.2, 0) is 6.42 Å². The largest absolute Gasteiger partial charge is 0.493 e. The molecule has 0 unspecified atom stereocenters. The molecule has 0 bridgehead atoms. The third-order valence-electron chi connectivity index (χ3n) is 4.11. The van der Waals surface area contributed by atoms with Gasteiger partial charge in [-0.05, 0) is 31.4 Å². The monoisotopic (exact) mass is 314 g/mol. The Morgan fingerprint density at radius 2 is 2.30 bits per heavy atom. The molecule has 23 heavy (non-hydrogen) atoms. The zero-order valence-corrected chi connectivity index (χ0v) is 13.3. The molecule has 6 heteroatoms. The van der Waals surface area contributed by atoms with Crippen LogP contribution in [0.1, 0.15) is 35.7 Å². The van der Waals surface area contributed by atoms with Gasteiger partial charge in [0.1, 0.15) is 5.75 Å². The van der Waals surface area contributed by atoms with Crippen LogP contribution in [0.25, 0.3) is 0 Å². The summed E-state index contributed by atoms with van der Waals surface area (Å²) in [5, 5.41) is 12.9. The van der Waals surface area contributed by atoms with Crippen LogP contribution in [0.2, 0.25) is 0 Å². The Hall–Kier alpha value is -2.50. The second-order valence-electron chi connectivity index (χ2n) is 5.75. The lowest BCUT2D eigenvalue weighted by molar-refractivity contribution is 0.223. The molecule has 2 heterocycles. The highest BCUT2D eigenvalue weighted by atomic mass is 16.5. The zero-order valence-electron chi connectivity index (χ0n) is 13.3. The molecular weight excluding hydrogens is 292 g/mol. The molecule has 3 N–H and O–H groups in total. The number of aromatic nitrogens is 2. The topological polar surface area (TPSA) is 79.0 Å². The van der Waals surface area contributed by atoms with E-state index in [0.29, 0.717) is 13.2 Å². The minimum Gasteiger partial charge on any atom is -0.493 e. The maximum atomic E-state index is 12.1. The second-order valence-corrected chi connectivity index (χ2v) is 5.75. The van der Waals surface area contributed by atoms with Crippen molar-refractivity contribution in [3.8, 4) is 5.75 Å². The maximum absolute atomic E-state index is 12.1. The first-order valence-corrected chi connectivity index (χ1v) is 7.99. The number of urea groups is 1. The van der Waals surface area contributed by atoms with Gasteiger partial charge in [-0.25, -0.2) is 4.79 Å². The van der Waals surface area contributed by atoms with Crippen LogP contribution in [0.4, 0.5) is 4.79 Å². The molecule has 0 fully saturated rings. The van der Waals surface area contributed by atoms with Gasteiger partial charge in [-0.15, -0.1) is 0 Å². The molecular formula is C17H22N4O2. The fourth-order valence-corrected chi connectivity index (χ4v) is 2.81. The van der Waals surface area contributed by atoms with E-state index < -0.39 is 0 Å². The number of carbonyl (C=O) groups excluding carboxylic acids is 1. The average Bonchev–Trinajstić information content (AvgIpc) is 2.97. The normalized spacial score (nSPS) is 16.3. The molecule has 6 nitrogen and oxygen atoms in total. The Bertz CT molecular complexity index is 668. The number of H-pyrrole nitrogens is 1. The first-order chi connectivity index (χ1) is 11.2. The Kier molecular flexibility index (Phi) is 4.80. The summed E-state index contributed by atoms with van der Waals surface area (Å²) in [6.07, 6.45) is 4.42. The number of hydrogen-bond acceptors (Lipinski definition) is 3. The number of aryl methyl sites for hydroxylation is 2. The number of hydrogen-bond donors (Lipinski definition) is 3. The SMILES string of the molecule is Cc1[nH]ncc1CCCNC(=O)N[C@@H]1CCOc2ccccc21. The third-order valence-corrected chi connectivity index (χ3v) is 4.11.